The zero-order chi connectivity index (χ0) is 26.3. The summed E-state index contributed by atoms with van der Waals surface area (Å²) < 4.78 is 45.0. The van der Waals surface area contributed by atoms with Crippen LogP contribution in [0.4, 0.5) is 18.9 Å². The van der Waals surface area contributed by atoms with E-state index in [9.17, 15) is 22.8 Å². The average Bonchev–Trinajstić information content (AvgIpc) is 2.82. The molecule has 0 unspecified atom stereocenters. The van der Waals surface area contributed by atoms with Crippen LogP contribution in [-0.4, -0.2) is 16.0 Å². The molecular formula is C27H23F3N2O4. The fourth-order valence-electron chi connectivity index (χ4n) is 3.04. The molecule has 4 aromatic rings. The lowest BCUT2D eigenvalue weighted by Crippen LogP contribution is -2.16. The molecule has 1 heterocycles. The predicted molar refractivity (Wildman–Crippen MR) is 131 cm³/mol. The molecule has 36 heavy (non-hydrogen) atoms. The third-order valence-electron chi connectivity index (χ3n) is 5.02. The molecule has 4 rings (SSSR count). The third-order valence-corrected chi connectivity index (χ3v) is 5.02. The molecule has 0 aliphatic carbocycles. The van der Waals surface area contributed by atoms with E-state index in [1.807, 2.05) is 25.1 Å². The molecule has 3 N–H and O–H groups in total. The first-order valence-corrected chi connectivity index (χ1v) is 10.7. The molecule has 0 saturated carbocycles. The van der Waals surface area contributed by atoms with Gasteiger partial charge in [-0.05, 0) is 61.4 Å². The fourth-order valence-corrected chi connectivity index (χ4v) is 3.04. The topological polar surface area (TPSA) is 91.4 Å². The van der Waals surface area contributed by atoms with Crippen molar-refractivity contribution in [3.05, 3.63) is 118 Å². The van der Waals surface area contributed by atoms with E-state index in [1.165, 1.54) is 12.3 Å². The molecule has 0 aliphatic heterocycles. The summed E-state index contributed by atoms with van der Waals surface area (Å²) in [5, 5.41) is 11.4. The Morgan fingerprint density at radius 1 is 0.889 bits per heavy atom. The summed E-state index contributed by atoms with van der Waals surface area (Å²) in [5.41, 5.74) is 0.353. The van der Waals surface area contributed by atoms with Crippen molar-refractivity contribution in [2.24, 2.45) is 0 Å². The van der Waals surface area contributed by atoms with Gasteiger partial charge in [-0.25, -0.2) is 0 Å². The van der Waals surface area contributed by atoms with Crippen LogP contribution >= 0.6 is 0 Å². The maximum absolute atomic E-state index is 13.1. The van der Waals surface area contributed by atoms with Crippen molar-refractivity contribution in [2.45, 2.75) is 20.0 Å². The summed E-state index contributed by atoms with van der Waals surface area (Å²) in [5.74, 6) is -0.256. The quantitative estimate of drug-likeness (QED) is 0.303. The molecule has 0 spiro atoms. The van der Waals surface area contributed by atoms with Gasteiger partial charge in [0.1, 0.15) is 17.2 Å². The largest absolute Gasteiger partial charge is 0.508 e. The molecule has 1 amide bonds. The Morgan fingerprint density at radius 2 is 1.56 bits per heavy atom. The minimum absolute atomic E-state index is 0.100. The van der Waals surface area contributed by atoms with Gasteiger partial charge in [-0.3, -0.25) is 9.59 Å². The van der Waals surface area contributed by atoms with E-state index in [4.69, 9.17) is 9.84 Å². The highest BCUT2D eigenvalue weighted by molar-refractivity contribution is 6.06. The van der Waals surface area contributed by atoms with Gasteiger partial charge < -0.3 is 20.1 Å². The highest BCUT2D eigenvalue weighted by atomic mass is 19.4. The number of phenolic OH excluding ortho intramolecular Hbond substituents is 1. The first kappa shape index (κ1) is 26.1. The number of rotatable bonds is 4. The molecule has 9 heteroatoms. The summed E-state index contributed by atoms with van der Waals surface area (Å²) >= 11 is 0. The number of aryl methyl sites for hydroxylation is 2. The highest BCUT2D eigenvalue weighted by Crippen LogP contribution is 2.35. The van der Waals surface area contributed by atoms with Crippen molar-refractivity contribution >= 4 is 11.6 Å². The van der Waals surface area contributed by atoms with Crippen molar-refractivity contribution < 1.29 is 27.8 Å². The number of phenols is 1. The summed E-state index contributed by atoms with van der Waals surface area (Å²) in [6, 6.07) is 19.2. The van der Waals surface area contributed by atoms with Crippen LogP contribution in [0.15, 0.2) is 89.9 Å². The maximum atomic E-state index is 13.1. The monoisotopic (exact) mass is 496 g/mol. The van der Waals surface area contributed by atoms with E-state index in [1.54, 1.807) is 37.3 Å². The number of aromatic hydroxyl groups is 1. The first-order chi connectivity index (χ1) is 17.0. The molecule has 0 radical (unpaired) electrons. The van der Waals surface area contributed by atoms with Crippen molar-refractivity contribution in [3.63, 3.8) is 0 Å². The molecule has 3 aromatic carbocycles. The van der Waals surface area contributed by atoms with Gasteiger partial charge in [0.2, 0.25) is 5.56 Å². The minimum atomic E-state index is -4.59. The van der Waals surface area contributed by atoms with Gasteiger partial charge in [0, 0.05) is 18.0 Å². The number of para-hydroxylation sites is 2. The van der Waals surface area contributed by atoms with Crippen LogP contribution in [0.3, 0.4) is 0 Å². The van der Waals surface area contributed by atoms with E-state index >= 15 is 0 Å². The van der Waals surface area contributed by atoms with Crippen molar-refractivity contribution in [1.29, 1.82) is 0 Å². The Kier molecular flexibility index (Phi) is 8.16. The van der Waals surface area contributed by atoms with E-state index < -0.39 is 23.2 Å². The zero-order valence-electron chi connectivity index (χ0n) is 19.4. The van der Waals surface area contributed by atoms with Crippen LogP contribution < -0.4 is 15.6 Å². The van der Waals surface area contributed by atoms with Crippen LogP contribution in [0, 0.1) is 13.8 Å². The Morgan fingerprint density at radius 3 is 2.14 bits per heavy atom. The molecule has 186 valence electrons. The number of ether oxygens (including phenoxy) is 1. The smallest absolute Gasteiger partial charge is 0.416 e. The fraction of sp³-hybridized carbons (Fsp3) is 0.111. The second kappa shape index (κ2) is 11.3. The molecule has 0 bridgehead atoms. The Hall–Kier alpha value is -4.53. The van der Waals surface area contributed by atoms with Crippen molar-refractivity contribution in [2.75, 3.05) is 5.32 Å². The predicted octanol–water partition coefficient (Wildman–Crippen LogP) is 6.45. The number of amides is 1. The number of carbonyl (C=O) groups is 1. The number of aromatic nitrogens is 1. The number of benzene rings is 3. The standard InChI is InChI=1S/C20H15F3N2O3.C7H8O/c1-12-4-2-3-5-16(12)28-17-10-13(20(21,22)23)6-7-15(17)19(27)25-14-8-9-24-18(26)11-14;1-6-4-2-3-5-7(6)8/h2-11H,1H3,(H2,24,25,26,27);2-5,8H,1H3. The second-order valence-electron chi connectivity index (χ2n) is 7.76. The Labute approximate surface area is 205 Å². The lowest BCUT2D eigenvalue weighted by molar-refractivity contribution is -0.137. The van der Waals surface area contributed by atoms with Crippen LogP contribution in [0.2, 0.25) is 0 Å². The van der Waals surface area contributed by atoms with E-state index in [-0.39, 0.29) is 17.0 Å². The number of hydrogen-bond donors (Lipinski definition) is 3. The Balaban J connectivity index is 0.000000383. The SMILES string of the molecule is Cc1ccccc1O.Cc1ccccc1Oc1cc(C(F)(F)F)ccc1C(=O)Nc1cc[nH]c(=O)c1. The summed E-state index contributed by atoms with van der Waals surface area (Å²) in [4.78, 5) is 26.4. The van der Waals surface area contributed by atoms with Gasteiger partial charge in [0.05, 0.1) is 11.1 Å². The average molecular weight is 496 g/mol. The van der Waals surface area contributed by atoms with E-state index in [0.29, 0.717) is 17.1 Å². The summed E-state index contributed by atoms with van der Waals surface area (Å²) in [7, 11) is 0. The van der Waals surface area contributed by atoms with E-state index in [0.717, 1.165) is 29.8 Å². The number of anilines is 1. The molecular weight excluding hydrogens is 473 g/mol. The van der Waals surface area contributed by atoms with Gasteiger partial charge in [-0.2, -0.15) is 13.2 Å². The molecule has 1 aromatic heterocycles. The van der Waals surface area contributed by atoms with Gasteiger partial charge in [0.15, 0.2) is 0 Å². The molecule has 0 fully saturated rings. The normalized spacial score (nSPS) is 10.7. The third kappa shape index (κ3) is 6.99. The Bertz CT molecular complexity index is 1390. The van der Waals surface area contributed by atoms with Crippen LogP contribution in [-0.2, 0) is 6.18 Å². The number of pyridine rings is 1. The van der Waals surface area contributed by atoms with Gasteiger partial charge in [0.25, 0.3) is 5.91 Å². The summed E-state index contributed by atoms with van der Waals surface area (Å²) in [6.45, 7) is 3.61. The minimum Gasteiger partial charge on any atom is -0.508 e. The number of nitrogens with one attached hydrogen (secondary N) is 2. The van der Waals surface area contributed by atoms with Crippen LogP contribution in [0.1, 0.15) is 27.0 Å². The molecule has 0 aliphatic rings. The lowest BCUT2D eigenvalue weighted by atomic mass is 10.1. The zero-order valence-corrected chi connectivity index (χ0v) is 19.4. The first-order valence-electron chi connectivity index (χ1n) is 10.7. The number of halogens is 3. The highest BCUT2D eigenvalue weighted by Gasteiger charge is 2.32. The van der Waals surface area contributed by atoms with Crippen molar-refractivity contribution in [1.82, 2.24) is 4.98 Å². The summed E-state index contributed by atoms with van der Waals surface area (Å²) in [6.07, 6.45) is -3.25. The molecule has 0 saturated heterocycles. The number of H-pyrrole nitrogens is 1. The number of alkyl halides is 3. The van der Waals surface area contributed by atoms with Gasteiger partial charge in [-0.1, -0.05) is 36.4 Å². The molecule has 0 atom stereocenters. The molecule has 6 nitrogen and oxygen atoms in total. The lowest BCUT2D eigenvalue weighted by Gasteiger charge is -2.15. The number of hydrogen-bond acceptors (Lipinski definition) is 4. The van der Waals surface area contributed by atoms with E-state index in [2.05, 4.69) is 10.3 Å². The maximum Gasteiger partial charge on any atom is 0.416 e. The van der Waals surface area contributed by atoms with Gasteiger partial charge >= 0.3 is 6.18 Å². The number of carbonyl (C=O) groups excluding carboxylic acids is 1. The van der Waals surface area contributed by atoms with Crippen molar-refractivity contribution in [3.8, 4) is 17.2 Å². The van der Waals surface area contributed by atoms with Crippen LogP contribution in [0.25, 0.3) is 0 Å². The second-order valence-corrected chi connectivity index (χ2v) is 7.76. The van der Waals surface area contributed by atoms with Gasteiger partial charge in [-0.15, -0.1) is 0 Å². The number of aromatic amines is 1. The van der Waals surface area contributed by atoms with Crippen LogP contribution in [0.5, 0.6) is 17.2 Å².